The van der Waals surface area contributed by atoms with Crippen LogP contribution in [0, 0.1) is 12.8 Å². The Kier molecular flexibility index (Phi) is 7.60. The number of carbonyl (C=O) groups excluding carboxylic acids is 3. The van der Waals surface area contributed by atoms with E-state index in [9.17, 15) is 14.4 Å². The van der Waals surface area contributed by atoms with E-state index >= 15 is 0 Å². The summed E-state index contributed by atoms with van der Waals surface area (Å²) in [6.07, 6.45) is 1.75. The topological polar surface area (TPSA) is 106 Å². The number of hydrogen-bond acceptors (Lipinski definition) is 6. The molecule has 0 aliphatic carbocycles. The summed E-state index contributed by atoms with van der Waals surface area (Å²) in [5, 5.41) is 5.96. The number of nitrogens with zero attached hydrogens (tertiary/aromatic N) is 1. The lowest BCUT2D eigenvalue weighted by Gasteiger charge is -2.40. The van der Waals surface area contributed by atoms with Crippen LogP contribution in [0.5, 0.6) is 11.5 Å². The molecule has 4 bridgehead atoms. The van der Waals surface area contributed by atoms with Gasteiger partial charge in [-0.1, -0.05) is 18.2 Å². The number of ether oxygens (including phenoxy) is 3. The molecular weight excluding hydrogens is 474 g/mol. The first kappa shape index (κ1) is 25.1. The van der Waals surface area contributed by atoms with E-state index < -0.39 is 6.04 Å². The maximum Gasteiger partial charge on any atom is 0.258 e. The van der Waals surface area contributed by atoms with E-state index in [0.717, 1.165) is 24.0 Å². The molecule has 6 rings (SSSR count). The Balaban J connectivity index is 1.40. The summed E-state index contributed by atoms with van der Waals surface area (Å²) < 4.78 is 17.5. The Bertz CT molecular complexity index is 1150. The molecule has 4 heterocycles. The van der Waals surface area contributed by atoms with E-state index in [4.69, 9.17) is 14.2 Å². The van der Waals surface area contributed by atoms with Crippen LogP contribution in [0.2, 0.25) is 0 Å². The minimum atomic E-state index is -0.394. The number of rotatable bonds is 1. The summed E-state index contributed by atoms with van der Waals surface area (Å²) in [6.45, 7) is 4.23. The molecule has 196 valence electrons. The van der Waals surface area contributed by atoms with E-state index in [-0.39, 0.29) is 36.4 Å². The molecule has 2 atom stereocenters. The fraction of sp³-hybridized carbons (Fsp3) is 0.464. The first-order valence-electron chi connectivity index (χ1n) is 12.9. The predicted octanol–water partition coefficient (Wildman–Crippen LogP) is 2.21. The van der Waals surface area contributed by atoms with Gasteiger partial charge in [-0.15, -0.1) is 0 Å². The first-order chi connectivity index (χ1) is 18.0. The average Bonchev–Trinajstić information content (AvgIpc) is 2.92. The highest BCUT2D eigenvalue weighted by molar-refractivity contribution is 5.95. The molecule has 4 aliphatic heterocycles. The molecule has 2 N–H and O–H groups in total. The van der Waals surface area contributed by atoms with E-state index in [1.165, 1.54) is 0 Å². The van der Waals surface area contributed by atoms with Gasteiger partial charge in [0.25, 0.3) is 11.8 Å². The van der Waals surface area contributed by atoms with Crippen molar-refractivity contribution in [3.8, 4) is 11.5 Å². The number of piperidine rings is 1. The minimum absolute atomic E-state index is 0.0438. The summed E-state index contributed by atoms with van der Waals surface area (Å²) in [7, 11) is 0. The number of carbonyl (C=O) groups is 3. The number of aryl methyl sites for hydroxylation is 1. The third kappa shape index (κ3) is 6.05. The van der Waals surface area contributed by atoms with Crippen molar-refractivity contribution in [3.63, 3.8) is 0 Å². The van der Waals surface area contributed by atoms with Crippen molar-refractivity contribution in [1.29, 1.82) is 0 Å². The second-order valence-electron chi connectivity index (χ2n) is 9.89. The number of likely N-dealkylation sites (tertiary alicyclic amines) is 1. The van der Waals surface area contributed by atoms with Crippen LogP contribution in [-0.2, 0) is 20.9 Å². The number of amides is 3. The molecule has 2 fully saturated rings. The molecule has 4 aliphatic rings. The zero-order valence-electron chi connectivity index (χ0n) is 21.0. The van der Waals surface area contributed by atoms with E-state index in [1.54, 1.807) is 18.2 Å². The molecule has 9 heteroatoms. The monoisotopic (exact) mass is 507 g/mol. The van der Waals surface area contributed by atoms with Gasteiger partial charge in [-0.2, -0.15) is 0 Å². The van der Waals surface area contributed by atoms with Gasteiger partial charge in [-0.3, -0.25) is 14.4 Å². The van der Waals surface area contributed by atoms with Crippen molar-refractivity contribution in [3.05, 3.63) is 59.2 Å². The summed E-state index contributed by atoms with van der Waals surface area (Å²) in [5.74, 6) is 0.689. The van der Waals surface area contributed by atoms with Gasteiger partial charge in [-0.05, 0) is 55.2 Å². The van der Waals surface area contributed by atoms with Crippen molar-refractivity contribution >= 4 is 17.7 Å². The Morgan fingerprint density at radius 3 is 2.59 bits per heavy atom. The van der Waals surface area contributed by atoms with Gasteiger partial charge in [0.15, 0.2) is 6.61 Å². The van der Waals surface area contributed by atoms with Crippen LogP contribution in [0.15, 0.2) is 42.5 Å². The van der Waals surface area contributed by atoms with E-state index in [2.05, 4.69) is 10.6 Å². The minimum Gasteiger partial charge on any atom is -0.488 e. The number of nitrogens with one attached hydrogen (secondary N) is 2. The van der Waals surface area contributed by atoms with Crippen LogP contribution < -0.4 is 20.1 Å². The molecule has 3 amide bonds. The fourth-order valence-corrected chi connectivity index (χ4v) is 5.02. The molecular formula is C28H33N3O6. The standard InChI is InChI=1S/C28H33N3O6/c1-18-2-5-21-14-25(18)36-17-26(32)29-15-19-3-6-22(7-4-19)37-24-8-11-31(16-23(24)30-27(21)33)28(34)20-9-12-35-13-10-20/h2-7,14,20,23-24H,8-13,15-17H2,1H3,(H,29,32)(H,30,33)/t23-,24-/m0/s1. The summed E-state index contributed by atoms with van der Waals surface area (Å²) in [4.78, 5) is 40.7. The third-order valence-corrected chi connectivity index (χ3v) is 7.26. The highest BCUT2D eigenvalue weighted by Gasteiger charge is 2.36. The maximum atomic E-state index is 13.3. The molecule has 2 saturated heterocycles. The van der Waals surface area contributed by atoms with Gasteiger partial charge in [-0.25, -0.2) is 0 Å². The lowest BCUT2D eigenvalue weighted by atomic mass is 9.95. The molecule has 0 spiro atoms. The second kappa shape index (κ2) is 11.2. The Morgan fingerprint density at radius 1 is 1.03 bits per heavy atom. The van der Waals surface area contributed by atoms with Gasteiger partial charge in [0.05, 0.1) is 6.04 Å². The summed E-state index contributed by atoms with van der Waals surface area (Å²) in [5.41, 5.74) is 2.18. The van der Waals surface area contributed by atoms with Crippen LogP contribution in [0.1, 0.15) is 40.7 Å². The molecule has 0 unspecified atom stereocenters. The normalized spacial score (nSPS) is 23.1. The number of hydrogen-bond donors (Lipinski definition) is 2. The van der Waals surface area contributed by atoms with E-state index in [1.807, 2.05) is 36.1 Å². The van der Waals surface area contributed by atoms with Crippen LogP contribution >= 0.6 is 0 Å². The first-order valence-corrected chi connectivity index (χ1v) is 12.9. The Hall–Kier alpha value is -3.59. The lowest BCUT2D eigenvalue weighted by molar-refractivity contribution is -0.141. The van der Waals surface area contributed by atoms with Gasteiger partial charge in [0, 0.05) is 50.8 Å². The largest absolute Gasteiger partial charge is 0.488 e. The third-order valence-electron chi connectivity index (χ3n) is 7.26. The van der Waals surface area contributed by atoms with Gasteiger partial charge < -0.3 is 29.7 Å². The molecule has 2 aromatic carbocycles. The molecule has 37 heavy (non-hydrogen) atoms. The molecule has 9 nitrogen and oxygen atoms in total. The van der Waals surface area contributed by atoms with Crippen molar-refractivity contribution < 1.29 is 28.6 Å². The molecule has 2 aromatic rings. The predicted molar refractivity (Wildman–Crippen MR) is 135 cm³/mol. The van der Waals surface area contributed by atoms with Gasteiger partial charge in [0.2, 0.25) is 5.91 Å². The van der Waals surface area contributed by atoms with Crippen molar-refractivity contribution in [2.45, 2.75) is 44.9 Å². The summed E-state index contributed by atoms with van der Waals surface area (Å²) in [6, 6.07) is 12.3. The molecule has 0 radical (unpaired) electrons. The number of benzene rings is 2. The van der Waals surface area contributed by atoms with Crippen LogP contribution in [0.25, 0.3) is 0 Å². The second-order valence-corrected chi connectivity index (χ2v) is 9.89. The van der Waals surface area contributed by atoms with Gasteiger partial charge in [0.1, 0.15) is 17.6 Å². The number of fused-ring (bicyclic) bond motifs is 7. The van der Waals surface area contributed by atoms with Crippen molar-refractivity contribution in [2.24, 2.45) is 5.92 Å². The average molecular weight is 508 g/mol. The maximum absolute atomic E-state index is 13.3. The van der Waals surface area contributed by atoms with Crippen LogP contribution in [0.3, 0.4) is 0 Å². The zero-order valence-corrected chi connectivity index (χ0v) is 21.0. The van der Waals surface area contributed by atoms with Gasteiger partial charge >= 0.3 is 0 Å². The van der Waals surface area contributed by atoms with Crippen LogP contribution in [-0.4, -0.2) is 67.7 Å². The fourth-order valence-electron chi connectivity index (χ4n) is 5.02. The van der Waals surface area contributed by atoms with Crippen molar-refractivity contribution in [1.82, 2.24) is 15.5 Å². The Labute approximate surface area is 216 Å². The molecule has 0 aromatic heterocycles. The Morgan fingerprint density at radius 2 is 1.81 bits per heavy atom. The molecule has 0 saturated carbocycles. The van der Waals surface area contributed by atoms with Crippen LogP contribution in [0.4, 0.5) is 0 Å². The quantitative estimate of drug-likeness (QED) is 0.613. The zero-order chi connectivity index (χ0) is 25.8. The summed E-state index contributed by atoms with van der Waals surface area (Å²) >= 11 is 0. The SMILES string of the molecule is Cc1ccc2cc1OCC(=O)NCc1ccc(cc1)O[C@H]1CCN(C(=O)C3CCOCC3)C[C@@H]1NC2=O. The highest BCUT2D eigenvalue weighted by atomic mass is 16.5. The van der Waals surface area contributed by atoms with E-state index in [0.29, 0.717) is 56.3 Å². The van der Waals surface area contributed by atoms with Crippen molar-refractivity contribution in [2.75, 3.05) is 32.9 Å². The highest BCUT2D eigenvalue weighted by Crippen LogP contribution is 2.25. The lowest BCUT2D eigenvalue weighted by Crippen LogP contribution is -2.59. The smallest absolute Gasteiger partial charge is 0.258 e.